The molecule has 1 aromatic heterocycles. The van der Waals surface area contributed by atoms with Crippen molar-refractivity contribution in [1.29, 1.82) is 0 Å². The maximum absolute atomic E-state index is 11.7. The zero-order valence-electron chi connectivity index (χ0n) is 10.0. The summed E-state index contributed by atoms with van der Waals surface area (Å²) in [6.07, 6.45) is 8.65. The molecule has 1 aromatic rings. The highest BCUT2D eigenvalue weighted by Gasteiger charge is 2.09. The van der Waals surface area contributed by atoms with Gasteiger partial charge in [-0.2, -0.15) is 0 Å². The molecule has 0 N–H and O–H groups in total. The summed E-state index contributed by atoms with van der Waals surface area (Å²) < 4.78 is 4.98. The van der Waals surface area contributed by atoms with E-state index in [1.807, 2.05) is 6.07 Å². The topological polar surface area (TPSA) is 47.3 Å². The Hall–Kier alpha value is -1.38. The summed E-state index contributed by atoms with van der Waals surface area (Å²) in [4.78, 5) is 23.2. The van der Waals surface area contributed by atoms with Gasteiger partial charge in [0.1, 0.15) is 5.78 Å². The molecule has 0 atom stereocenters. The fourth-order valence-electron chi connectivity index (χ4n) is 2.27. The van der Waals surface area contributed by atoms with Crippen molar-refractivity contribution < 1.29 is 9.21 Å². The summed E-state index contributed by atoms with van der Waals surface area (Å²) in [6, 6.07) is 1.84. The highest BCUT2D eigenvalue weighted by Crippen LogP contribution is 2.13. The maximum atomic E-state index is 11.7. The zero-order valence-corrected chi connectivity index (χ0v) is 10.0. The molecule has 0 spiro atoms. The van der Waals surface area contributed by atoms with Crippen molar-refractivity contribution in [1.82, 2.24) is 0 Å². The fraction of sp³-hybridized carbons (Fsp3) is 0.571. The van der Waals surface area contributed by atoms with Crippen LogP contribution in [0.2, 0.25) is 0 Å². The Morgan fingerprint density at radius 1 is 0.941 bits per heavy atom. The van der Waals surface area contributed by atoms with Crippen LogP contribution in [0.15, 0.2) is 21.5 Å². The molecule has 0 aromatic carbocycles. The molecular weight excluding hydrogens is 216 g/mol. The minimum Gasteiger partial charge on any atom is -0.431 e. The van der Waals surface area contributed by atoms with Crippen LogP contribution in [0.3, 0.4) is 0 Å². The van der Waals surface area contributed by atoms with Crippen LogP contribution >= 0.6 is 0 Å². The number of rotatable bonds is 0. The van der Waals surface area contributed by atoms with Crippen LogP contribution in [-0.2, 0) is 17.6 Å². The molecule has 0 unspecified atom stereocenters. The molecule has 1 aliphatic rings. The Bertz CT molecular complexity index is 445. The second-order valence-electron chi connectivity index (χ2n) is 4.75. The van der Waals surface area contributed by atoms with Gasteiger partial charge in [-0.05, 0) is 30.9 Å². The number of Topliss-reactive ketones (excluding diaryl/α,β-unsaturated/α-hetero) is 1. The number of aryl methyl sites for hydroxylation is 1. The molecule has 0 saturated heterocycles. The zero-order chi connectivity index (χ0) is 12.1. The Morgan fingerprint density at radius 2 is 1.65 bits per heavy atom. The van der Waals surface area contributed by atoms with Crippen molar-refractivity contribution >= 4 is 5.78 Å². The van der Waals surface area contributed by atoms with E-state index in [9.17, 15) is 9.59 Å². The Balaban J connectivity index is 2.20. The third kappa shape index (κ3) is 3.55. The van der Waals surface area contributed by atoms with Crippen LogP contribution in [0.1, 0.15) is 49.7 Å². The SMILES string of the molecule is O=C1CCCCCCCc2cc(coc2=O)C1. The molecule has 1 heterocycles. The lowest BCUT2D eigenvalue weighted by molar-refractivity contribution is -0.118. The van der Waals surface area contributed by atoms with E-state index >= 15 is 0 Å². The molecule has 17 heavy (non-hydrogen) atoms. The highest BCUT2D eigenvalue weighted by molar-refractivity contribution is 5.80. The van der Waals surface area contributed by atoms with E-state index in [1.54, 1.807) is 0 Å². The first-order valence-corrected chi connectivity index (χ1v) is 6.38. The van der Waals surface area contributed by atoms with Gasteiger partial charge in [-0.1, -0.05) is 19.3 Å². The summed E-state index contributed by atoms with van der Waals surface area (Å²) in [5.74, 6) is 0.241. The molecule has 1 aliphatic carbocycles. The van der Waals surface area contributed by atoms with Crippen LogP contribution in [0.25, 0.3) is 0 Å². The summed E-state index contributed by atoms with van der Waals surface area (Å²) in [5.41, 5.74) is 1.30. The Labute approximate surface area is 101 Å². The fourth-order valence-corrected chi connectivity index (χ4v) is 2.27. The number of carbonyl (C=O) groups excluding carboxylic acids is 1. The normalized spacial score (nSPS) is 18.2. The van der Waals surface area contributed by atoms with Crippen LogP contribution < -0.4 is 5.63 Å². The van der Waals surface area contributed by atoms with Crippen LogP contribution in [0.5, 0.6) is 0 Å². The minimum absolute atomic E-state index is 0.241. The third-order valence-corrected chi connectivity index (χ3v) is 3.24. The van der Waals surface area contributed by atoms with Crippen molar-refractivity contribution in [3.8, 4) is 0 Å². The van der Waals surface area contributed by atoms with Crippen molar-refractivity contribution in [3.05, 3.63) is 33.9 Å². The first-order chi connectivity index (χ1) is 8.25. The van der Waals surface area contributed by atoms with Crippen molar-refractivity contribution in [3.63, 3.8) is 0 Å². The van der Waals surface area contributed by atoms with Gasteiger partial charge in [-0.15, -0.1) is 0 Å². The lowest BCUT2D eigenvalue weighted by Gasteiger charge is -2.06. The highest BCUT2D eigenvalue weighted by atomic mass is 16.4. The van der Waals surface area contributed by atoms with Gasteiger partial charge in [-0.25, -0.2) is 4.79 Å². The number of carbonyl (C=O) groups is 1. The van der Waals surface area contributed by atoms with E-state index in [0.29, 0.717) is 12.8 Å². The quantitative estimate of drug-likeness (QED) is 0.693. The van der Waals surface area contributed by atoms with E-state index in [1.165, 1.54) is 6.26 Å². The molecule has 0 radical (unpaired) electrons. The molecule has 92 valence electrons. The molecule has 2 bridgehead atoms. The Kier molecular flexibility index (Phi) is 4.13. The first kappa shape index (κ1) is 12.1. The first-order valence-electron chi connectivity index (χ1n) is 6.38. The van der Waals surface area contributed by atoms with Gasteiger partial charge >= 0.3 is 5.63 Å². The number of hydrogen-bond donors (Lipinski definition) is 0. The summed E-state index contributed by atoms with van der Waals surface area (Å²) in [5, 5.41) is 0. The van der Waals surface area contributed by atoms with E-state index < -0.39 is 0 Å². The van der Waals surface area contributed by atoms with Crippen LogP contribution in [-0.4, -0.2) is 5.78 Å². The summed E-state index contributed by atoms with van der Waals surface area (Å²) in [6.45, 7) is 0. The molecule has 0 aliphatic heterocycles. The van der Waals surface area contributed by atoms with Crippen LogP contribution in [0, 0.1) is 0 Å². The minimum atomic E-state index is -0.252. The number of ketones is 1. The van der Waals surface area contributed by atoms with E-state index in [-0.39, 0.29) is 11.4 Å². The molecule has 3 nitrogen and oxygen atoms in total. The van der Waals surface area contributed by atoms with Gasteiger partial charge in [0.25, 0.3) is 0 Å². The van der Waals surface area contributed by atoms with E-state index in [4.69, 9.17) is 4.42 Å². The van der Waals surface area contributed by atoms with Gasteiger partial charge < -0.3 is 4.42 Å². The lowest BCUT2D eigenvalue weighted by Crippen LogP contribution is -2.10. The standard InChI is InChI=1S/C14H18O3/c15-13-7-5-3-1-2-4-6-12-8-11(9-13)10-17-14(12)16/h8,10H,1-7,9H2. The van der Waals surface area contributed by atoms with Gasteiger partial charge in [0, 0.05) is 18.4 Å². The van der Waals surface area contributed by atoms with Gasteiger partial charge in [0.15, 0.2) is 0 Å². The monoisotopic (exact) mass is 234 g/mol. The number of hydrogen-bond acceptors (Lipinski definition) is 3. The average Bonchev–Trinajstić information content (AvgIpc) is 2.30. The molecule has 0 fully saturated rings. The Morgan fingerprint density at radius 3 is 2.47 bits per heavy atom. The van der Waals surface area contributed by atoms with E-state index in [2.05, 4.69) is 0 Å². The summed E-state index contributed by atoms with van der Waals surface area (Å²) >= 11 is 0. The molecule has 0 saturated carbocycles. The maximum Gasteiger partial charge on any atom is 0.338 e. The van der Waals surface area contributed by atoms with Gasteiger partial charge in [0.2, 0.25) is 0 Å². The largest absolute Gasteiger partial charge is 0.431 e. The predicted octanol–water partition coefficient (Wildman–Crippen LogP) is 2.65. The molecule has 0 amide bonds. The van der Waals surface area contributed by atoms with E-state index in [0.717, 1.165) is 49.7 Å². The predicted molar refractivity (Wildman–Crippen MR) is 65.1 cm³/mol. The lowest BCUT2D eigenvalue weighted by atomic mass is 10.00. The molecule has 3 heteroatoms. The smallest absolute Gasteiger partial charge is 0.338 e. The van der Waals surface area contributed by atoms with Gasteiger partial charge in [-0.3, -0.25) is 4.79 Å². The van der Waals surface area contributed by atoms with Crippen molar-refractivity contribution in [2.75, 3.05) is 0 Å². The average molecular weight is 234 g/mol. The van der Waals surface area contributed by atoms with Gasteiger partial charge in [0.05, 0.1) is 6.26 Å². The molecular formula is C14H18O3. The second kappa shape index (κ2) is 5.80. The third-order valence-electron chi connectivity index (χ3n) is 3.24. The van der Waals surface area contributed by atoms with Crippen LogP contribution in [0.4, 0.5) is 0 Å². The summed E-state index contributed by atoms with van der Waals surface area (Å²) in [7, 11) is 0. The second-order valence-corrected chi connectivity index (χ2v) is 4.75. The molecule has 2 rings (SSSR count). The number of fused-ring (bicyclic) bond motifs is 2. The van der Waals surface area contributed by atoms with Crippen molar-refractivity contribution in [2.45, 2.75) is 51.4 Å². The van der Waals surface area contributed by atoms with Crippen molar-refractivity contribution in [2.24, 2.45) is 0 Å².